The average Bonchev–Trinajstić information content (AvgIpc) is 2.46. The van der Waals surface area contributed by atoms with Crippen LogP contribution < -0.4 is 5.32 Å². The van der Waals surface area contributed by atoms with Crippen molar-refractivity contribution >= 4 is 5.91 Å². The van der Waals surface area contributed by atoms with Crippen LogP contribution >= 0.6 is 0 Å². The minimum Gasteiger partial charge on any atom is -0.383 e. The van der Waals surface area contributed by atoms with Gasteiger partial charge in [-0.25, -0.2) is 0 Å². The van der Waals surface area contributed by atoms with Crippen LogP contribution in [0.15, 0.2) is 30.3 Å². The quantitative estimate of drug-likeness (QED) is 0.811. The molecule has 0 spiro atoms. The van der Waals surface area contributed by atoms with E-state index in [0.717, 1.165) is 25.1 Å². The molecule has 1 heterocycles. The Hall–Kier alpha value is -1.39. The Kier molecular flexibility index (Phi) is 4.73. The molecule has 0 aliphatic carbocycles. The molecule has 0 saturated carbocycles. The Bertz CT molecular complexity index is 375. The Morgan fingerprint density at radius 3 is 2.61 bits per heavy atom. The largest absolute Gasteiger partial charge is 0.383 e. The number of hydrogen-bond donors (Lipinski definition) is 2. The molecule has 1 aliphatic rings. The minimum absolute atomic E-state index is 0.132. The summed E-state index contributed by atoms with van der Waals surface area (Å²) in [6, 6.07) is 9.94. The lowest BCUT2D eigenvalue weighted by atomic mass is 10.1. The lowest BCUT2D eigenvalue weighted by Gasteiger charge is -2.29. The highest BCUT2D eigenvalue weighted by Gasteiger charge is 2.22. The van der Waals surface area contributed by atoms with Crippen LogP contribution in [0.3, 0.4) is 0 Å². The van der Waals surface area contributed by atoms with Crippen LogP contribution in [0.2, 0.25) is 0 Å². The molecule has 1 atom stereocenters. The predicted molar refractivity (Wildman–Crippen MR) is 70.2 cm³/mol. The van der Waals surface area contributed by atoms with Crippen molar-refractivity contribution in [3.05, 3.63) is 35.9 Å². The van der Waals surface area contributed by atoms with Crippen LogP contribution in [-0.2, 0) is 11.2 Å². The van der Waals surface area contributed by atoms with Crippen molar-refractivity contribution in [2.75, 3.05) is 26.2 Å². The molecule has 1 saturated heterocycles. The number of amides is 1. The molecule has 1 fully saturated rings. The Morgan fingerprint density at radius 2 is 1.94 bits per heavy atom. The number of benzene rings is 1. The van der Waals surface area contributed by atoms with Gasteiger partial charge >= 0.3 is 0 Å². The van der Waals surface area contributed by atoms with E-state index < -0.39 is 6.10 Å². The Morgan fingerprint density at radius 1 is 1.28 bits per heavy atom. The summed E-state index contributed by atoms with van der Waals surface area (Å²) in [7, 11) is 0. The van der Waals surface area contributed by atoms with Gasteiger partial charge in [0.05, 0.1) is 0 Å². The van der Waals surface area contributed by atoms with Crippen molar-refractivity contribution in [1.29, 1.82) is 0 Å². The number of carbonyl (C=O) groups is 1. The zero-order valence-electron chi connectivity index (χ0n) is 10.5. The fourth-order valence-electron chi connectivity index (χ4n) is 2.17. The van der Waals surface area contributed by atoms with E-state index in [2.05, 4.69) is 5.32 Å². The second kappa shape index (κ2) is 6.52. The molecule has 1 amide bonds. The van der Waals surface area contributed by atoms with Gasteiger partial charge in [0.1, 0.15) is 6.10 Å². The van der Waals surface area contributed by atoms with E-state index in [1.807, 2.05) is 30.3 Å². The topological polar surface area (TPSA) is 52.6 Å². The molecule has 4 heteroatoms. The van der Waals surface area contributed by atoms with Gasteiger partial charge in [-0.1, -0.05) is 30.3 Å². The highest BCUT2D eigenvalue weighted by Crippen LogP contribution is 2.07. The fraction of sp³-hybridized carbons (Fsp3) is 0.500. The fourth-order valence-corrected chi connectivity index (χ4v) is 2.17. The molecular weight excluding hydrogens is 228 g/mol. The van der Waals surface area contributed by atoms with Gasteiger partial charge in [-0.3, -0.25) is 4.79 Å². The summed E-state index contributed by atoms with van der Waals surface area (Å²) in [6.07, 6.45) is 0.357. The van der Waals surface area contributed by atoms with E-state index in [-0.39, 0.29) is 5.91 Å². The first-order valence-corrected chi connectivity index (χ1v) is 6.49. The third-order valence-electron chi connectivity index (χ3n) is 3.26. The van der Waals surface area contributed by atoms with Crippen molar-refractivity contribution in [3.8, 4) is 0 Å². The predicted octanol–water partition coefficient (Wildman–Crippen LogP) is 0.412. The maximum absolute atomic E-state index is 12.0. The van der Waals surface area contributed by atoms with Gasteiger partial charge in [0, 0.05) is 26.2 Å². The maximum atomic E-state index is 12.0. The van der Waals surface area contributed by atoms with Crippen LogP contribution in [0, 0.1) is 0 Å². The van der Waals surface area contributed by atoms with Gasteiger partial charge in [-0.15, -0.1) is 0 Å². The van der Waals surface area contributed by atoms with Crippen LogP contribution in [-0.4, -0.2) is 48.2 Å². The number of hydrogen-bond acceptors (Lipinski definition) is 3. The second-order valence-corrected chi connectivity index (χ2v) is 4.62. The molecule has 1 aromatic carbocycles. The van der Waals surface area contributed by atoms with Crippen LogP contribution in [0.5, 0.6) is 0 Å². The third-order valence-corrected chi connectivity index (χ3v) is 3.26. The van der Waals surface area contributed by atoms with Crippen LogP contribution in [0.4, 0.5) is 0 Å². The van der Waals surface area contributed by atoms with E-state index in [1.165, 1.54) is 0 Å². The average molecular weight is 248 g/mol. The van der Waals surface area contributed by atoms with Crippen molar-refractivity contribution in [1.82, 2.24) is 10.2 Å². The number of aliphatic hydroxyl groups excluding tert-OH is 1. The molecule has 2 rings (SSSR count). The molecule has 1 aliphatic heterocycles. The van der Waals surface area contributed by atoms with E-state index >= 15 is 0 Å². The lowest BCUT2D eigenvalue weighted by molar-refractivity contribution is -0.141. The van der Waals surface area contributed by atoms with Gasteiger partial charge in [-0.2, -0.15) is 0 Å². The van der Waals surface area contributed by atoms with E-state index in [1.54, 1.807) is 4.90 Å². The first-order valence-electron chi connectivity index (χ1n) is 6.49. The zero-order valence-corrected chi connectivity index (χ0v) is 10.5. The third kappa shape index (κ3) is 3.55. The molecule has 98 valence electrons. The van der Waals surface area contributed by atoms with Crippen molar-refractivity contribution in [2.24, 2.45) is 0 Å². The first kappa shape index (κ1) is 13.1. The SMILES string of the molecule is O=C([C@H](O)CCc1ccccc1)N1CCNCC1. The molecule has 0 radical (unpaired) electrons. The molecule has 18 heavy (non-hydrogen) atoms. The molecule has 0 unspecified atom stereocenters. The maximum Gasteiger partial charge on any atom is 0.251 e. The number of piperazine rings is 1. The van der Waals surface area contributed by atoms with Gasteiger partial charge in [0.15, 0.2) is 0 Å². The van der Waals surface area contributed by atoms with Crippen molar-refractivity contribution in [2.45, 2.75) is 18.9 Å². The number of aryl methyl sites for hydroxylation is 1. The molecule has 4 nitrogen and oxygen atoms in total. The van der Waals surface area contributed by atoms with Crippen molar-refractivity contribution < 1.29 is 9.90 Å². The summed E-state index contributed by atoms with van der Waals surface area (Å²) in [5.74, 6) is -0.132. The molecule has 0 aromatic heterocycles. The minimum atomic E-state index is -0.872. The Balaban J connectivity index is 1.80. The first-order chi connectivity index (χ1) is 8.77. The number of nitrogens with one attached hydrogen (secondary N) is 1. The van der Waals surface area contributed by atoms with Crippen LogP contribution in [0.25, 0.3) is 0 Å². The van der Waals surface area contributed by atoms with Gasteiger partial charge in [0.2, 0.25) is 0 Å². The smallest absolute Gasteiger partial charge is 0.251 e. The summed E-state index contributed by atoms with van der Waals surface area (Å²) in [5, 5.41) is 13.1. The molecule has 2 N–H and O–H groups in total. The highest BCUT2D eigenvalue weighted by atomic mass is 16.3. The standard InChI is InChI=1S/C14H20N2O2/c17-13(7-6-12-4-2-1-3-5-12)14(18)16-10-8-15-9-11-16/h1-5,13,15,17H,6-11H2/t13-/m1/s1. The molecular formula is C14H20N2O2. The summed E-state index contributed by atoms with van der Waals surface area (Å²) < 4.78 is 0. The van der Waals surface area contributed by atoms with Crippen molar-refractivity contribution in [3.63, 3.8) is 0 Å². The molecule has 1 aromatic rings. The second-order valence-electron chi connectivity index (χ2n) is 4.62. The van der Waals surface area contributed by atoms with Gasteiger partial charge in [-0.05, 0) is 18.4 Å². The van der Waals surface area contributed by atoms with Gasteiger partial charge in [0.25, 0.3) is 5.91 Å². The zero-order chi connectivity index (χ0) is 12.8. The lowest BCUT2D eigenvalue weighted by Crippen LogP contribution is -2.49. The summed E-state index contributed by atoms with van der Waals surface area (Å²) in [4.78, 5) is 13.7. The van der Waals surface area contributed by atoms with Gasteiger partial charge < -0.3 is 15.3 Å². The Labute approximate surface area is 108 Å². The number of rotatable bonds is 4. The monoisotopic (exact) mass is 248 g/mol. The summed E-state index contributed by atoms with van der Waals surface area (Å²) >= 11 is 0. The van der Waals surface area contributed by atoms with E-state index in [9.17, 15) is 9.90 Å². The van der Waals surface area contributed by atoms with Crippen LogP contribution in [0.1, 0.15) is 12.0 Å². The highest BCUT2D eigenvalue weighted by molar-refractivity contribution is 5.80. The summed E-state index contributed by atoms with van der Waals surface area (Å²) in [5.41, 5.74) is 1.16. The number of nitrogens with zero attached hydrogens (tertiary/aromatic N) is 1. The number of aliphatic hydroxyl groups is 1. The normalized spacial score (nSPS) is 17.5. The number of carbonyl (C=O) groups excluding carboxylic acids is 1. The molecule has 0 bridgehead atoms. The summed E-state index contributed by atoms with van der Waals surface area (Å²) in [6.45, 7) is 3.02. The van der Waals surface area contributed by atoms with E-state index in [4.69, 9.17) is 0 Å². The van der Waals surface area contributed by atoms with E-state index in [0.29, 0.717) is 19.5 Å².